The largest absolute Gasteiger partial charge is 0.312 e. The Bertz CT molecular complexity index is 249. The second-order valence-corrected chi connectivity index (χ2v) is 3.38. The molecular weight excluding hydrogens is 152 g/mol. The van der Waals surface area contributed by atoms with E-state index in [0.717, 1.165) is 18.8 Å². The van der Waals surface area contributed by atoms with Crippen molar-refractivity contribution >= 4 is 0 Å². The minimum Gasteiger partial charge on any atom is -0.312 e. The number of nitrogens with zero attached hydrogens (tertiary/aromatic N) is 3. The first-order chi connectivity index (χ1) is 5.84. The fraction of sp³-hybridized carbons (Fsp3) is 0.750. The summed E-state index contributed by atoms with van der Waals surface area (Å²) in [5, 5.41) is 11.4. The predicted octanol–water partition coefficient (Wildman–Crippen LogP) is 0.339. The van der Waals surface area contributed by atoms with Gasteiger partial charge in [0, 0.05) is 12.2 Å². The van der Waals surface area contributed by atoms with Gasteiger partial charge < -0.3 is 5.32 Å². The van der Waals surface area contributed by atoms with Crippen LogP contribution in [0.15, 0.2) is 6.20 Å². The Morgan fingerprint density at radius 3 is 3.25 bits per heavy atom. The molecule has 4 nitrogen and oxygen atoms in total. The SMILES string of the molecule is Cc1cn(CC2CCCN2)nn1. The molecule has 1 N–H and O–H groups in total. The van der Waals surface area contributed by atoms with Crippen molar-refractivity contribution in [1.82, 2.24) is 20.3 Å². The fourth-order valence-electron chi connectivity index (χ4n) is 1.62. The van der Waals surface area contributed by atoms with E-state index in [-0.39, 0.29) is 0 Å². The fourth-order valence-corrected chi connectivity index (χ4v) is 1.62. The Balaban J connectivity index is 1.94. The molecule has 1 aromatic heterocycles. The van der Waals surface area contributed by atoms with Gasteiger partial charge in [-0.15, -0.1) is 5.10 Å². The summed E-state index contributed by atoms with van der Waals surface area (Å²) >= 11 is 0. The number of nitrogens with one attached hydrogen (secondary N) is 1. The Labute approximate surface area is 72.0 Å². The van der Waals surface area contributed by atoms with Gasteiger partial charge in [-0.05, 0) is 26.3 Å². The minimum absolute atomic E-state index is 0.603. The number of aryl methyl sites for hydroxylation is 1. The van der Waals surface area contributed by atoms with E-state index in [1.54, 1.807) is 0 Å². The first kappa shape index (κ1) is 7.73. The molecule has 1 fully saturated rings. The van der Waals surface area contributed by atoms with Gasteiger partial charge in [-0.25, -0.2) is 0 Å². The lowest BCUT2D eigenvalue weighted by Gasteiger charge is -2.08. The lowest BCUT2D eigenvalue weighted by Crippen LogP contribution is -2.26. The molecule has 1 saturated heterocycles. The van der Waals surface area contributed by atoms with Crippen LogP contribution in [0.4, 0.5) is 0 Å². The monoisotopic (exact) mass is 166 g/mol. The van der Waals surface area contributed by atoms with Crippen LogP contribution in [0.1, 0.15) is 18.5 Å². The lowest BCUT2D eigenvalue weighted by atomic mass is 10.2. The molecule has 0 aliphatic carbocycles. The molecule has 12 heavy (non-hydrogen) atoms. The summed E-state index contributed by atoms with van der Waals surface area (Å²) in [7, 11) is 0. The van der Waals surface area contributed by atoms with Gasteiger partial charge in [0.15, 0.2) is 0 Å². The maximum atomic E-state index is 4.01. The van der Waals surface area contributed by atoms with E-state index < -0.39 is 0 Å². The molecule has 2 heterocycles. The number of hydrogen-bond donors (Lipinski definition) is 1. The Hall–Kier alpha value is -0.900. The lowest BCUT2D eigenvalue weighted by molar-refractivity contribution is 0.466. The van der Waals surface area contributed by atoms with Crippen LogP contribution in [0.5, 0.6) is 0 Å². The molecule has 0 saturated carbocycles. The number of aromatic nitrogens is 3. The molecule has 0 radical (unpaired) electrons. The molecule has 0 amide bonds. The van der Waals surface area contributed by atoms with Crippen LogP contribution in [-0.2, 0) is 6.54 Å². The highest BCUT2D eigenvalue weighted by Crippen LogP contribution is 2.06. The second-order valence-electron chi connectivity index (χ2n) is 3.38. The van der Waals surface area contributed by atoms with Crippen LogP contribution in [0.2, 0.25) is 0 Å². The molecule has 66 valence electrons. The van der Waals surface area contributed by atoms with Crippen molar-refractivity contribution in [2.45, 2.75) is 32.4 Å². The van der Waals surface area contributed by atoms with Crippen LogP contribution in [0.3, 0.4) is 0 Å². The summed E-state index contributed by atoms with van der Waals surface area (Å²) < 4.78 is 1.92. The van der Waals surface area contributed by atoms with E-state index in [0.29, 0.717) is 6.04 Å². The van der Waals surface area contributed by atoms with Crippen LogP contribution in [0.25, 0.3) is 0 Å². The van der Waals surface area contributed by atoms with Gasteiger partial charge in [-0.1, -0.05) is 5.21 Å². The number of rotatable bonds is 2. The van der Waals surface area contributed by atoms with Crippen molar-refractivity contribution in [2.75, 3.05) is 6.54 Å². The van der Waals surface area contributed by atoms with Crippen LogP contribution in [0, 0.1) is 6.92 Å². The summed E-state index contributed by atoms with van der Waals surface area (Å²) in [4.78, 5) is 0. The standard InChI is InChI=1S/C8H14N4/c1-7-5-12(11-10-7)6-8-3-2-4-9-8/h5,8-9H,2-4,6H2,1H3. The summed E-state index contributed by atoms with van der Waals surface area (Å²) in [6.07, 6.45) is 4.54. The van der Waals surface area contributed by atoms with Crippen LogP contribution < -0.4 is 5.32 Å². The topological polar surface area (TPSA) is 42.7 Å². The van der Waals surface area contributed by atoms with Crippen LogP contribution in [-0.4, -0.2) is 27.6 Å². The molecule has 0 bridgehead atoms. The van der Waals surface area contributed by atoms with Crippen molar-refractivity contribution < 1.29 is 0 Å². The quantitative estimate of drug-likeness (QED) is 0.689. The zero-order chi connectivity index (χ0) is 8.39. The van der Waals surface area contributed by atoms with Crippen molar-refractivity contribution in [3.63, 3.8) is 0 Å². The Morgan fingerprint density at radius 1 is 1.75 bits per heavy atom. The van der Waals surface area contributed by atoms with E-state index in [4.69, 9.17) is 0 Å². The molecule has 1 aliphatic rings. The zero-order valence-corrected chi connectivity index (χ0v) is 7.32. The van der Waals surface area contributed by atoms with Gasteiger partial charge in [0.25, 0.3) is 0 Å². The van der Waals surface area contributed by atoms with Gasteiger partial charge >= 0.3 is 0 Å². The third kappa shape index (κ3) is 1.64. The van der Waals surface area contributed by atoms with Gasteiger partial charge in [-0.3, -0.25) is 4.68 Å². The summed E-state index contributed by atoms with van der Waals surface area (Å²) in [5.74, 6) is 0. The molecule has 2 rings (SSSR count). The van der Waals surface area contributed by atoms with Crippen molar-refractivity contribution in [2.24, 2.45) is 0 Å². The first-order valence-corrected chi connectivity index (χ1v) is 4.45. The van der Waals surface area contributed by atoms with E-state index in [9.17, 15) is 0 Å². The molecule has 0 aromatic carbocycles. The van der Waals surface area contributed by atoms with Crippen molar-refractivity contribution in [1.29, 1.82) is 0 Å². The average Bonchev–Trinajstić information content (AvgIpc) is 2.63. The van der Waals surface area contributed by atoms with Gasteiger partial charge in [0.05, 0.1) is 12.2 Å². The highest BCUT2D eigenvalue weighted by atomic mass is 15.4. The van der Waals surface area contributed by atoms with Gasteiger partial charge in [-0.2, -0.15) is 0 Å². The zero-order valence-electron chi connectivity index (χ0n) is 7.32. The summed E-state index contributed by atoms with van der Waals surface area (Å²) in [5.41, 5.74) is 0.994. The molecule has 1 atom stereocenters. The molecule has 1 aromatic rings. The Morgan fingerprint density at radius 2 is 2.67 bits per heavy atom. The van der Waals surface area contributed by atoms with Gasteiger partial charge in [0.2, 0.25) is 0 Å². The summed E-state index contributed by atoms with van der Waals surface area (Å²) in [6, 6.07) is 0.603. The molecule has 1 unspecified atom stereocenters. The van der Waals surface area contributed by atoms with Crippen LogP contribution >= 0.6 is 0 Å². The highest BCUT2D eigenvalue weighted by Gasteiger charge is 2.14. The Kier molecular flexibility index (Phi) is 2.08. The third-order valence-electron chi connectivity index (χ3n) is 2.22. The minimum atomic E-state index is 0.603. The number of hydrogen-bond acceptors (Lipinski definition) is 3. The average molecular weight is 166 g/mol. The maximum Gasteiger partial charge on any atom is 0.0796 e. The van der Waals surface area contributed by atoms with Gasteiger partial charge in [0.1, 0.15) is 0 Å². The predicted molar refractivity (Wildman–Crippen MR) is 45.8 cm³/mol. The molecule has 1 aliphatic heterocycles. The van der Waals surface area contributed by atoms with Crippen molar-refractivity contribution in [3.05, 3.63) is 11.9 Å². The first-order valence-electron chi connectivity index (χ1n) is 4.45. The molecule has 4 heteroatoms. The normalized spacial score (nSPS) is 23.2. The highest BCUT2D eigenvalue weighted by molar-refractivity contribution is 4.87. The molecule has 0 spiro atoms. The summed E-state index contributed by atoms with van der Waals surface area (Å²) in [6.45, 7) is 4.07. The third-order valence-corrected chi connectivity index (χ3v) is 2.22. The van der Waals surface area contributed by atoms with E-state index >= 15 is 0 Å². The van der Waals surface area contributed by atoms with E-state index in [1.807, 2.05) is 17.8 Å². The van der Waals surface area contributed by atoms with Crippen molar-refractivity contribution in [3.8, 4) is 0 Å². The van der Waals surface area contributed by atoms with E-state index in [2.05, 4.69) is 15.6 Å². The van der Waals surface area contributed by atoms with E-state index in [1.165, 1.54) is 12.8 Å². The maximum absolute atomic E-state index is 4.01. The smallest absolute Gasteiger partial charge is 0.0796 e. The molecular formula is C8H14N4. The second kappa shape index (κ2) is 3.23.